The van der Waals surface area contributed by atoms with Crippen molar-refractivity contribution in [1.29, 1.82) is 0 Å². The number of nitrogens with zero attached hydrogens (tertiary/aromatic N) is 5. The lowest BCUT2D eigenvalue weighted by Gasteiger charge is -2.16. The van der Waals surface area contributed by atoms with Crippen molar-refractivity contribution in [1.82, 2.24) is 25.0 Å². The van der Waals surface area contributed by atoms with Gasteiger partial charge in [0.15, 0.2) is 0 Å². The number of aromatic nitrogens is 4. The van der Waals surface area contributed by atoms with Crippen LogP contribution in [-0.2, 0) is 16.0 Å². The largest absolute Gasteiger partial charge is 0.480 e. The predicted molar refractivity (Wildman–Crippen MR) is 130 cm³/mol. The van der Waals surface area contributed by atoms with Gasteiger partial charge in [-0.25, -0.2) is 9.59 Å². The molecular weight excluding hydrogens is 472 g/mol. The summed E-state index contributed by atoms with van der Waals surface area (Å²) >= 11 is 0. The highest BCUT2D eigenvalue weighted by Gasteiger charge is 2.21. The van der Waals surface area contributed by atoms with Gasteiger partial charge in [-0.05, 0) is 24.6 Å². The first-order valence-electron chi connectivity index (χ1n) is 10.9. The number of aryl methyl sites for hydroxylation is 1. The third-order valence-corrected chi connectivity index (χ3v) is 4.62. The van der Waals surface area contributed by atoms with Gasteiger partial charge in [0.1, 0.15) is 11.8 Å². The molecule has 1 aromatic carbocycles. The number of hydrogen-bond acceptors (Lipinski definition) is 12. The van der Waals surface area contributed by atoms with Crippen LogP contribution in [0.25, 0.3) is 0 Å². The maximum atomic E-state index is 12.0. The summed E-state index contributed by atoms with van der Waals surface area (Å²) in [6.07, 6.45) is -0.401. The first kappa shape index (κ1) is 26.2. The topological polar surface area (TPSA) is 177 Å². The number of nitrogens with one attached hydrogen (secondary N) is 3. The normalized spacial score (nSPS) is 11.4. The molecule has 0 saturated heterocycles. The standard InChI is InChI=1S/C22H28N8O6/c1-13-11-17(36-29-13)25-21-27-19(23-9-10-34-4)26-20(28-21)24-16(18(31)32)12-14-5-7-15(8-6-14)35-22(33)30(2)3/h5-8,11,16H,9-10,12H2,1-4H3,(H,31,32)(H3,23,24,25,26,27,28)/t16-/m0/s1. The number of amides is 1. The molecule has 0 bridgehead atoms. The van der Waals surface area contributed by atoms with Crippen LogP contribution in [0, 0.1) is 6.92 Å². The third kappa shape index (κ3) is 7.80. The van der Waals surface area contributed by atoms with Crippen LogP contribution in [0.5, 0.6) is 5.75 Å². The molecule has 1 amide bonds. The minimum Gasteiger partial charge on any atom is -0.480 e. The quantitative estimate of drug-likeness (QED) is 0.266. The van der Waals surface area contributed by atoms with Crippen LogP contribution in [-0.4, -0.2) is 82.6 Å². The maximum absolute atomic E-state index is 12.0. The molecule has 0 unspecified atom stereocenters. The van der Waals surface area contributed by atoms with E-state index < -0.39 is 18.1 Å². The van der Waals surface area contributed by atoms with Crippen LogP contribution in [0.1, 0.15) is 11.3 Å². The van der Waals surface area contributed by atoms with Gasteiger partial charge in [-0.2, -0.15) is 15.0 Å². The van der Waals surface area contributed by atoms with Gasteiger partial charge in [-0.1, -0.05) is 17.3 Å². The second kappa shape index (κ2) is 12.3. The summed E-state index contributed by atoms with van der Waals surface area (Å²) in [7, 11) is 4.72. The van der Waals surface area contributed by atoms with E-state index in [1.807, 2.05) is 0 Å². The number of carboxylic acids is 1. The van der Waals surface area contributed by atoms with Crippen LogP contribution < -0.4 is 20.7 Å². The van der Waals surface area contributed by atoms with E-state index >= 15 is 0 Å². The molecule has 2 aromatic heterocycles. The van der Waals surface area contributed by atoms with Gasteiger partial charge in [0.25, 0.3) is 0 Å². The second-order valence-corrected chi connectivity index (χ2v) is 7.83. The first-order chi connectivity index (χ1) is 17.2. The van der Waals surface area contributed by atoms with E-state index in [1.165, 1.54) is 4.90 Å². The minimum atomic E-state index is -1.10. The van der Waals surface area contributed by atoms with Crippen LogP contribution in [0.2, 0.25) is 0 Å². The zero-order valence-electron chi connectivity index (χ0n) is 20.3. The van der Waals surface area contributed by atoms with Gasteiger partial charge < -0.3 is 34.6 Å². The molecule has 0 aliphatic carbocycles. The van der Waals surface area contributed by atoms with Gasteiger partial charge in [0.05, 0.1) is 12.3 Å². The lowest BCUT2D eigenvalue weighted by atomic mass is 10.1. The number of benzene rings is 1. The Morgan fingerprint density at radius 1 is 1.11 bits per heavy atom. The molecule has 0 fully saturated rings. The molecule has 3 rings (SSSR count). The summed E-state index contributed by atoms with van der Waals surface area (Å²) < 4.78 is 15.4. The zero-order valence-corrected chi connectivity index (χ0v) is 20.3. The molecule has 0 radical (unpaired) electrons. The number of rotatable bonds is 12. The van der Waals surface area contributed by atoms with Crippen molar-refractivity contribution in [3.8, 4) is 5.75 Å². The molecular formula is C22H28N8O6. The predicted octanol–water partition coefficient (Wildman–Crippen LogP) is 2.14. The van der Waals surface area contributed by atoms with Crippen LogP contribution in [0.3, 0.4) is 0 Å². The fourth-order valence-electron chi connectivity index (χ4n) is 2.85. The zero-order chi connectivity index (χ0) is 26.1. The number of hydrogen-bond donors (Lipinski definition) is 4. The Hall–Kier alpha value is -4.46. The van der Waals surface area contributed by atoms with Gasteiger partial charge >= 0.3 is 12.1 Å². The highest BCUT2D eigenvalue weighted by molar-refractivity contribution is 5.77. The third-order valence-electron chi connectivity index (χ3n) is 4.62. The van der Waals surface area contributed by atoms with Gasteiger partial charge in [-0.3, -0.25) is 5.32 Å². The Labute approximate surface area is 207 Å². The average molecular weight is 501 g/mol. The number of methoxy groups -OCH3 is 1. The van der Waals surface area contributed by atoms with Crippen LogP contribution >= 0.6 is 0 Å². The number of ether oxygens (including phenoxy) is 2. The molecule has 14 heteroatoms. The van der Waals surface area contributed by atoms with Gasteiger partial charge in [0.2, 0.25) is 23.7 Å². The van der Waals surface area contributed by atoms with Crippen molar-refractivity contribution in [2.24, 2.45) is 0 Å². The van der Waals surface area contributed by atoms with Gasteiger partial charge in [-0.15, -0.1) is 0 Å². The van der Waals surface area contributed by atoms with Crippen molar-refractivity contribution in [3.63, 3.8) is 0 Å². The number of carbonyl (C=O) groups is 2. The van der Waals surface area contributed by atoms with Crippen molar-refractivity contribution in [3.05, 3.63) is 41.6 Å². The Morgan fingerprint density at radius 2 is 1.81 bits per heavy atom. The van der Waals surface area contributed by atoms with E-state index in [4.69, 9.17) is 14.0 Å². The smallest absolute Gasteiger partial charge is 0.414 e. The maximum Gasteiger partial charge on any atom is 0.414 e. The fraction of sp³-hybridized carbons (Fsp3) is 0.364. The highest BCUT2D eigenvalue weighted by Crippen LogP contribution is 2.19. The van der Waals surface area contributed by atoms with E-state index in [9.17, 15) is 14.7 Å². The number of carboxylic acid groups (broad SMARTS) is 1. The SMILES string of the molecule is COCCNc1nc(Nc2cc(C)no2)nc(N[C@@H](Cc2ccc(OC(=O)N(C)C)cc2)C(=O)O)n1. The molecule has 0 spiro atoms. The molecule has 1 atom stereocenters. The summed E-state index contributed by atoms with van der Waals surface area (Å²) in [6, 6.07) is 7.15. The number of aliphatic carboxylic acids is 1. The van der Waals surface area contributed by atoms with E-state index in [0.29, 0.717) is 36.0 Å². The molecule has 2 heterocycles. The number of anilines is 4. The summed E-state index contributed by atoms with van der Waals surface area (Å²) in [5.41, 5.74) is 1.36. The Kier molecular flexibility index (Phi) is 8.94. The van der Waals surface area contributed by atoms with E-state index in [1.54, 1.807) is 58.5 Å². The van der Waals surface area contributed by atoms with Crippen molar-refractivity contribution < 1.29 is 28.7 Å². The lowest BCUT2D eigenvalue weighted by molar-refractivity contribution is -0.137. The first-order valence-corrected chi connectivity index (χ1v) is 10.9. The molecule has 0 aliphatic rings. The molecule has 14 nitrogen and oxygen atoms in total. The van der Waals surface area contributed by atoms with Crippen molar-refractivity contribution in [2.45, 2.75) is 19.4 Å². The number of carbonyl (C=O) groups excluding carboxylic acids is 1. The lowest BCUT2D eigenvalue weighted by Crippen LogP contribution is -2.32. The van der Waals surface area contributed by atoms with E-state index in [0.717, 1.165) is 0 Å². The monoisotopic (exact) mass is 500 g/mol. The molecule has 4 N–H and O–H groups in total. The molecule has 192 valence electrons. The summed E-state index contributed by atoms with van der Waals surface area (Å²) in [5, 5.41) is 22.3. The van der Waals surface area contributed by atoms with Crippen LogP contribution in [0.4, 0.5) is 28.5 Å². The Bertz CT molecular complexity index is 1170. The highest BCUT2D eigenvalue weighted by atomic mass is 16.6. The van der Waals surface area contributed by atoms with Crippen LogP contribution in [0.15, 0.2) is 34.9 Å². The molecule has 0 aliphatic heterocycles. The molecule has 3 aromatic rings. The van der Waals surface area contributed by atoms with E-state index in [2.05, 4.69) is 36.1 Å². The van der Waals surface area contributed by atoms with Crippen molar-refractivity contribution in [2.75, 3.05) is 50.3 Å². The summed E-state index contributed by atoms with van der Waals surface area (Å²) in [6.45, 7) is 2.60. The average Bonchev–Trinajstić information content (AvgIpc) is 3.24. The molecule has 0 saturated carbocycles. The minimum absolute atomic E-state index is 0.0348. The Balaban J connectivity index is 1.76. The second-order valence-electron chi connectivity index (χ2n) is 7.83. The summed E-state index contributed by atoms with van der Waals surface area (Å²) in [4.78, 5) is 37.8. The Morgan fingerprint density at radius 3 is 2.42 bits per heavy atom. The van der Waals surface area contributed by atoms with Gasteiger partial charge in [0, 0.05) is 40.2 Å². The van der Waals surface area contributed by atoms with E-state index in [-0.39, 0.29) is 24.3 Å². The fourth-order valence-corrected chi connectivity index (χ4v) is 2.85. The molecule has 36 heavy (non-hydrogen) atoms. The summed E-state index contributed by atoms with van der Waals surface area (Å²) in [5.74, 6) is -0.0724. The van der Waals surface area contributed by atoms with Crippen molar-refractivity contribution >= 4 is 35.8 Å².